The first-order chi connectivity index (χ1) is 9.91. The Morgan fingerprint density at radius 2 is 2.14 bits per heavy atom. The zero-order chi connectivity index (χ0) is 15.6. The Kier molecular flexibility index (Phi) is 4.43. The van der Waals surface area contributed by atoms with Gasteiger partial charge in [-0.3, -0.25) is 9.40 Å². The lowest BCUT2D eigenvalue weighted by Crippen LogP contribution is -2.27. The number of aromatic amines is 1. The lowest BCUT2D eigenvalue weighted by atomic mass is 10.3. The molecular weight excluding hydrogens is 314 g/mol. The smallest absolute Gasteiger partial charge is 0.283 e. The number of hydrogen-bond donors (Lipinski definition) is 1. The molecule has 0 saturated carbocycles. The summed E-state index contributed by atoms with van der Waals surface area (Å²) in [6.07, 6.45) is 0. The first-order valence-electron chi connectivity index (χ1n) is 6.14. The summed E-state index contributed by atoms with van der Waals surface area (Å²) >= 11 is 5.82. The highest BCUT2D eigenvalue weighted by Gasteiger charge is 2.28. The molecule has 0 radical (unpaired) electrons. The van der Waals surface area contributed by atoms with Crippen LogP contribution < -0.4 is 9.04 Å². The second-order valence-corrected chi connectivity index (χ2v) is 6.59. The first kappa shape index (κ1) is 15.7. The number of alkyl halides is 1. The van der Waals surface area contributed by atoms with Crippen molar-refractivity contribution in [3.63, 3.8) is 0 Å². The number of nitrogens with one attached hydrogen (secondary N) is 1. The van der Waals surface area contributed by atoms with Gasteiger partial charge in [0, 0.05) is 24.4 Å². The average Bonchev–Trinajstić information content (AvgIpc) is 2.88. The van der Waals surface area contributed by atoms with Crippen molar-refractivity contribution >= 4 is 27.3 Å². The van der Waals surface area contributed by atoms with Crippen molar-refractivity contribution in [3.05, 3.63) is 35.5 Å². The summed E-state index contributed by atoms with van der Waals surface area (Å²) in [6, 6.07) is 6.78. The second-order valence-electron chi connectivity index (χ2n) is 4.44. The van der Waals surface area contributed by atoms with Gasteiger partial charge in [0.2, 0.25) is 5.03 Å². The molecule has 0 amide bonds. The Labute approximate surface area is 128 Å². The van der Waals surface area contributed by atoms with Gasteiger partial charge in [0.25, 0.3) is 10.0 Å². The molecule has 114 valence electrons. The summed E-state index contributed by atoms with van der Waals surface area (Å²) in [5, 5.41) is 6.48. The molecule has 2 rings (SSSR count). The number of sulfonamides is 1. The maximum atomic E-state index is 12.7. The van der Waals surface area contributed by atoms with Crippen molar-refractivity contribution in [2.75, 3.05) is 18.5 Å². The molecule has 1 aromatic carbocycles. The van der Waals surface area contributed by atoms with E-state index in [4.69, 9.17) is 16.3 Å². The van der Waals surface area contributed by atoms with E-state index in [-0.39, 0.29) is 10.9 Å². The maximum Gasteiger partial charge on any atom is 0.283 e. The topological polar surface area (TPSA) is 75.3 Å². The molecule has 0 fully saturated rings. The third-order valence-electron chi connectivity index (χ3n) is 3.19. The predicted molar refractivity (Wildman–Crippen MR) is 81.5 cm³/mol. The van der Waals surface area contributed by atoms with Gasteiger partial charge in [0.05, 0.1) is 18.7 Å². The molecule has 8 heteroatoms. The van der Waals surface area contributed by atoms with Gasteiger partial charge in [-0.1, -0.05) is 6.07 Å². The predicted octanol–water partition coefficient (Wildman–Crippen LogP) is 2.29. The minimum Gasteiger partial charge on any atom is -0.497 e. The largest absolute Gasteiger partial charge is 0.497 e. The molecule has 1 N–H and O–H groups in total. The van der Waals surface area contributed by atoms with Gasteiger partial charge in [-0.05, 0) is 19.1 Å². The van der Waals surface area contributed by atoms with Crippen molar-refractivity contribution in [1.29, 1.82) is 0 Å². The van der Waals surface area contributed by atoms with Crippen LogP contribution in [-0.4, -0.2) is 32.8 Å². The fourth-order valence-electron chi connectivity index (χ4n) is 1.88. The van der Waals surface area contributed by atoms with Crippen molar-refractivity contribution in [3.8, 4) is 5.75 Å². The van der Waals surface area contributed by atoms with Gasteiger partial charge >= 0.3 is 0 Å². The molecule has 0 aliphatic heterocycles. The van der Waals surface area contributed by atoms with E-state index in [0.29, 0.717) is 22.7 Å². The number of halogens is 1. The number of anilines is 1. The summed E-state index contributed by atoms with van der Waals surface area (Å²) in [7, 11) is -0.799. The van der Waals surface area contributed by atoms with E-state index in [1.165, 1.54) is 14.2 Å². The minimum absolute atomic E-state index is 0.0553. The lowest BCUT2D eigenvalue weighted by Gasteiger charge is -2.19. The summed E-state index contributed by atoms with van der Waals surface area (Å²) in [6.45, 7) is 1.73. The maximum absolute atomic E-state index is 12.7. The van der Waals surface area contributed by atoms with Gasteiger partial charge in [0.1, 0.15) is 5.75 Å². The summed E-state index contributed by atoms with van der Waals surface area (Å²) < 4.78 is 31.6. The molecule has 1 heterocycles. The van der Waals surface area contributed by atoms with E-state index < -0.39 is 10.0 Å². The molecule has 0 aliphatic carbocycles. The number of benzene rings is 1. The highest BCUT2D eigenvalue weighted by molar-refractivity contribution is 7.92. The molecule has 0 atom stereocenters. The number of hydrogen-bond acceptors (Lipinski definition) is 4. The number of H-pyrrole nitrogens is 1. The normalized spacial score (nSPS) is 11.4. The van der Waals surface area contributed by atoms with Crippen LogP contribution in [0.5, 0.6) is 5.75 Å². The van der Waals surface area contributed by atoms with Crippen molar-refractivity contribution in [2.45, 2.75) is 17.8 Å². The van der Waals surface area contributed by atoms with Crippen molar-refractivity contribution in [2.24, 2.45) is 0 Å². The highest BCUT2D eigenvalue weighted by atomic mass is 35.5. The van der Waals surface area contributed by atoms with Crippen LogP contribution >= 0.6 is 11.6 Å². The van der Waals surface area contributed by atoms with Gasteiger partial charge in [-0.25, -0.2) is 0 Å². The van der Waals surface area contributed by atoms with Crippen molar-refractivity contribution in [1.82, 2.24) is 10.2 Å². The number of aromatic nitrogens is 2. The van der Waals surface area contributed by atoms with E-state index >= 15 is 0 Å². The molecule has 0 aliphatic rings. The minimum atomic E-state index is -3.79. The van der Waals surface area contributed by atoms with Crippen LogP contribution in [0.2, 0.25) is 0 Å². The molecule has 0 spiro atoms. The summed E-state index contributed by atoms with van der Waals surface area (Å²) in [4.78, 5) is 0. The number of methoxy groups -OCH3 is 1. The second kappa shape index (κ2) is 5.95. The van der Waals surface area contributed by atoms with Crippen molar-refractivity contribution < 1.29 is 13.2 Å². The third kappa shape index (κ3) is 2.84. The van der Waals surface area contributed by atoms with Crippen LogP contribution in [0.1, 0.15) is 11.3 Å². The third-order valence-corrected chi connectivity index (χ3v) is 5.22. The van der Waals surface area contributed by atoms with Gasteiger partial charge in [-0.2, -0.15) is 13.5 Å². The van der Waals surface area contributed by atoms with Crippen LogP contribution in [0.25, 0.3) is 0 Å². The molecule has 6 nitrogen and oxygen atoms in total. The standard InChI is InChI=1S/C13H16ClN3O3S/c1-9-12(8-14)13(16-15-9)21(18,19)17(2)10-5-4-6-11(7-10)20-3/h4-7H,8H2,1-3H3,(H,15,16). The summed E-state index contributed by atoms with van der Waals surface area (Å²) in [5.41, 5.74) is 1.60. The zero-order valence-electron chi connectivity index (χ0n) is 11.9. The highest BCUT2D eigenvalue weighted by Crippen LogP contribution is 2.27. The average molecular weight is 330 g/mol. The van der Waals surface area contributed by atoms with Crippen LogP contribution in [0, 0.1) is 6.92 Å². The Bertz CT molecular complexity index is 743. The molecular formula is C13H16ClN3O3S. The van der Waals surface area contributed by atoms with Gasteiger partial charge < -0.3 is 4.74 Å². The molecule has 0 unspecified atom stereocenters. The lowest BCUT2D eigenvalue weighted by molar-refractivity contribution is 0.415. The monoisotopic (exact) mass is 329 g/mol. The number of aryl methyl sites for hydroxylation is 1. The zero-order valence-corrected chi connectivity index (χ0v) is 13.5. The van der Waals surface area contributed by atoms with Crippen LogP contribution in [0.4, 0.5) is 5.69 Å². The Hall–Kier alpha value is -1.73. The fourth-order valence-corrected chi connectivity index (χ4v) is 3.63. The molecule has 1 aromatic heterocycles. The Morgan fingerprint density at radius 1 is 1.43 bits per heavy atom. The molecule has 21 heavy (non-hydrogen) atoms. The SMILES string of the molecule is COc1cccc(N(C)S(=O)(=O)c2n[nH]c(C)c2CCl)c1. The Morgan fingerprint density at radius 3 is 2.76 bits per heavy atom. The number of nitrogens with zero attached hydrogens (tertiary/aromatic N) is 2. The van der Waals surface area contributed by atoms with Gasteiger partial charge in [-0.15, -0.1) is 11.6 Å². The molecule has 2 aromatic rings. The fraction of sp³-hybridized carbons (Fsp3) is 0.308. The van der Waals surface area contributed by atoms with E-state index in [1.54, 1.807) is 31.2 Å². The van der Waals surface area contributed by atoms with E-state index in [0.717, 1.165) is 4.31 Å². The number of rotatable bonds is 5. The van der Waals surface area contributed by atoms with E-state index in [2.05, 4.69) is 10.2 Å². The Balaban J connectivity index is 2.47. The molecule has 0 saturated heterocycles. The quantitative estimate of drug-likeness (QED) is 0.854. The van der Waals surface area contributed by atoms with Crippen LogP contribution in [-0.2, 0) is 15.9 Å². The summed E-state index contributed by atoms with van der Waals surface area (Å²) in [5.74, 6) is 0.647. The first-order valence-corrected chi connectivity index (χ1v) is 8.12. The number of ether oxygens (including phenoxy) is 1. The van der Waals surface area contributed by atoms with Crippen LogP contribution in [0.3, 0.4) is 0 Å². The van der Waals surface area contributed by atoms with Gasteiger partial charge in [0.15, 0.2) is 0 Å². The van der Waals surface area contributed by atoms with Crippen LogP contribution in [0.15, 0.2) is 29.3 Å². The van der Waals surface area contributed by atoms with E-state index in [9.17, 15) is 8.42 Å². The van der Waals surface area contributed by atoms with E-state index in [1.807, 2.05) is 0 Å². The molecule has 0 bridgehead atoms.